The standard InChI is InChI=1S/C50H75N7O10/c1-8-35(43(51)62)32-49(5,46(65)55-29-16-28-52-44(63)38-23-21-37(22-24-38)42(61)36-18-12-10-13-19-36)34-50(6,33-48(3,4)45(64)53-30-17-31-56(7)9-2)47(66)54-27-15-11-14-20-41(60)67-57-39(58)25-26-40(57)59/h10,12-13,18-19,21-24,35,39,58H,8-9,11,14-17,20,25-34H2,1-7H3,(H2,51,62)(H,52,63)(H,53,64)(H,54,66)(H,55,65). The highest BCUT2D eigenvalue weighted by molar-refractivity contribution is 6.09. The van der Waals surface area contributed by atoms with Crippen LogP contribution in [0.25, 0.3) is 0 Å². The molecule has 1 aliphatic heterocycles. The first-order chi connectivity index (χ1) is 31.7. The van der Waals surface area contributed by atoms with Gasteiger partial charge in [0.05, 0.1) is 0 Å². The van der Waals surface area contributed by atoms with Crippen LogP contribution < -0.4 is 27.0 Å². The Kier molecular flexibility index (Phi) is 22.1. The summed E-state index contributed by atoms with van der Waals surface area (Å²) in [5.41, 5.74) is 3.51. The molecule has 2 aromatic carbocycles. The minimum absolute atomic E-state index is 0.00498. The number of aliphatic hydroxyl groups is 1. The molecule has 6 amide bonds. The molecule has 1 aliphatic rings. The Hall–Kier alpha value is -5.68. The zero-order valence-corrected chi connectivity index (χ0v) is 40.7. The van der Waals surface area contributed by atoms with Crippen molar-refractivity contribution in [2.75, 3.05) is 46.3 Å². The molecule has 4 atom stereocenters. The van der Waals surface area contributed by atoms with E-state index in [0.29, 0.717) is 60.4 Å². The van der Waals surface area contributed by atoms with E-state index in [0.717, 1.165) is 19.5 Å². The van der Waals surface area contributed by atoms with Crippen molar-refractivity contribution in [3.63, 3.8) is 0 Å². The molecule has 0 bridgehead atoms. The van der Waals surface area contributed by atoms with Crippen molar-refractivity contribution in [2.24, 2.45) is 27.9 Å². The van der Waals surface area contributed by atoms with Crippen molar-refractivity contribution in [2.45, 2.75) is 125 Å². The molecule has 2 aromatic rings. The van der Waals surface area contributed by atoms with Gasteiger partial charge in [-0.25, -0.2) is 4.79 Å². The van der Waals surface area contributed by atoms with Gasteiger partial charge in [0.1, 0.15) is 0 Å². The molecule has 3 rings (SSSR count). The molecule has 0 radical (unpaired) electrons. The molecular formula is C50H75N7O10. The van der Waals surface area contributed by atoms with Gasteiger partial charge in [0.15, 0.2) is 12.0 Å². The maximum Gasteiger partial charge on any atom is 0.332 e. The molecule has 17 nitrogen and oxygen atoms in total. The van der Waals surface area contributed by atoms with Crippen LogP contribution in [0.1, 0.15) is 145 Å². The van der Waals surface area contributed by atoms with Gasteiger partial charge in [0.2, 0.25) is 23.6 Å². The predicted molar refractivity (Wildman–Crippen MR) is 254 cm³/mol. The van der Waals surface area contributed by atoms with Gasteiger partial charge in [-0.2, -0.15) is 0 Å². The fourth-order valence-corrected chi connectivity index (χ4v) is 8.56. The quantitative estimate of drug-likeness (QED) is 0.0473. The second-order valence-corrected chi connectivity index (χ2v) is 19.0. The van der Waals surface area contributed by atoms with Crippen LogP contribution in [-0.4, -0.2) is 115 Å². The number of aliphatic hydroxyl groups excluding tert-OH is 1. The Morgan fingerprint density at radius 3 is 1.91 bits per heavy atom. The Bertz CT molecular complexity index is 2000. The van der Waals surface area contributed by atoms with E-state index in [9.17, 15) is 43.5 Å². The summed E-state index contributed by atoms with van der Waals surface area (Å²) in [5.74, 6) is -3.90. The summed E-state index contributed by atoms with van der Waals surface area (Å²) in [6, 6.07) is 15.2. The van der Waals surface area contributed by atoms with Gasteiger partial charge >= 0.3 is 5.97 Å². The lowest BCUT2D eigenvalue weighted by atomic mass is 9.62. The van der Waals surface area contributed by atoms with E-state index in [-0.39, 0.29) is 81.7 Å². The molecule has 1 saturated heterocycles. The largest absolute Gasteiger partial charge is 0.370 e. The summed E-state index contributed by atoms with van der Waals surface area (Å²) >= 11 is 0. The van der Waals surface area contributed by atoms with E-state index >= 15 is 0 Å². The van der Waals surface area contributed by atoms with Crippen LogP contribution in [0.4, 0.5) is 0 Å². The topological polar surface area (TPSA) is 247 Å². The number of hydroxylamine groups is 2. The third-order valence-corrected chi connectivity index (χ3v) is 12.5. The maximum atomic E-state index is 14.5. The fraction of sp³-hybridized carbons (Fsp3) is 0.600. The van der Waals surface area contributed by atoms with Crippen molar-refractivity contribution in [3.8, 4) is 0 Å². The Labute approximate surface area is 396 Å². The first kappa shape index (κ1) is 55.6. The van der Waals surface area contributed by atoms with Crippen molar-refractivity contribution in [3.05, 3.63) is 71.3 Å². The van der Waals surface area contributed by atoms with Gasteiger partial charge in [-0.05, 0) is 83.6 Å². The monoisotopic (exact) mass is 934 g/mol. The van der Waals surface area contributed by atoms with E-state index in [2.05, 4.69) is 33.1 Å². The number of hydrogen-bond acceptors (Lipinski definition) is 11. The SMILES string of the molecule is CCC(CC(C)(CC(C)(CC(C)(C)C(=O)NCCCN(C)CC)C(=O)NCCCCCC(=O)ON1C(=O)CCC1O)C(=O)NCCCNC(=O)c1ccc(C(=O)c2ccccc2)cc1)C(N)=O. The number of amides is 6. The summed E-state index contributed by atoms with van der Waals surface area (Å²) < 4.78 is 0. The summed E-state index contributed by atoms with van der Waals surface area (Å²) in [6.07, 6.45) is 2.09. The zero-order valence-electron chi connectivity index (χ0n) is 40.7. The van der Waals surface area contributed by atoms with Gasteiger partial charge in [-0.15, -0.1) is 5.06 Å². The molecule has 370 valence electrons. The third kappa shape index (κ3) is 17.5. The average Bonchev–Trinajstić information content (AvgIpc) is 3.61. The molecule has 1 fully saturated rings. The number of nitrogens with one attached hydrogen (secondary N) is 4. The van der Waals surface area contributed by atoms with E-state index in [1.54, 1.807) is 83.1 Å². The van der Waals surface area contributed by atoms with E-state index in [1.165, 1.54) is 0 Å². The van der Waals surface area contributed by atoms with Crippen molar-refractivity contribution in [1.29, 1.82) is 0 Å². The van der Waals surface area contributed by atoms with Crippen LogP contribution in [0.2, 0.25) is 0 Å². The number of benzene rings is 2. The van der Waals surface area contributed by atoms with Crippen LogP contribution in [0.5, 0.6) is 0 Å². The normalized spacial score (nSPS) is 16.0. The molecule has 17 heteroatoms. The van der Waals surface area contributed by atoms with Crippen LogP contribution in [0, 0.1) is 22.2 Å². The molecular weight excluding hydrogens is 859 g/mol. The lowest BCUT2D eigenvalue weighted by Gasteiger charge is -2.42. The first-order valence-corrected chi connectivity index (χ1v) is 23.7. The Balaban J connectivity index is 1.71. The number of nitrogens with two attached hydrogens (primary N) is 1. The molecule has 67 heavy (non-hydrogen) atoms. The predicted octanol–water partition coefficient (Wildman–Crippen LogP) is 4.41. The first-order valence-electron chi connectivity index (χ1n) is 23.7. The zero-order chi connectivity index (χ0) is 49.8. The average molecular weight is 934 g/mol. The van der Waals surface area contributed by atoms with Crippen molar-refractivity contribution >= 4 is 47.2 Å². The number of primary amides is 1. The van der Waals surface area contributed by atoms with E-state index < -0.39 is 52.1 Å². The van der Waals surface area contributed by atoms with Crippen LogP contribution >= 0.6 is 0 Å². The number of rotatable bonds is 30. The van der Waals surface area contributed by atoms with Gasteiger partial charge in [0.25, 0.3) is 11.8 Å². The fourth-order valence-electron chi connectivity index (χ4n) is 8.56. The second kappa shape index (κ2) is 26.6. The van der Waals surface area contributed by atoms with Gasteiger partial charge in [-0.3, -0.25) is 33.6 Å². The maximum absolute atomic E-state index is 14.5. The highest BCUT2D eigenvalue weighted by Gasteiger charge is 2.49. The minimum Gasteiger partial charge on any atom is -0.370 e. The number of hydrogen-bond donors (Lipinski definition) is 6. The van der Waals surface area contributed by atoms with Crippen molar-refractivity contribution < 1.29 is 48.3 Å². The molecule has 0 aromatic heterocycles. The van der Waals surface area contributed by atoms with Crippen LogP contribution in [0.15, 0.2) is 54.6 Å². The molecule has 4 unspecified atom stereocenters. The Morgan fingerprint density at radius 2 is 1.31 bits per heavy atom. The number of carbonyl (C=O) groups excluding carboxylic acids is 8. The lowest BCUT2D eigenvalue weighted by molar-refractivity contribution is -0.220. The molecule has 7 N–H and O–H groups in total. The summed E-state index contributed by atoms with van der Waals surface area (Å²) in [4.78, 5) is 112. The number of ketones is 1. The molecule has 0 spiro atoms. The highest BCUT2D eigenvalue weighted by atomic mass is 16.7. The molecule has 0 saturated carbocycles. The molecule has 0 aliphatic carbocycles. The smallest absolute Gasteiger partial charge is 0.332 e. The summed E-state index contributed by atoms with van der Waals surface area (Å²) in [7, 11) is 2.00. The minimum atomic E-state index is -1.31. The Morgan fingerprint density at radius 1 is 0.746 bits per heavy atom. The highest BCUT2D eigenvalue weighted by Crippen LogP contribution is 2.46. The van der Waals surface area contributed by atoms with Crippen molar-refractivity contribution in [1.82, 2.24) is 31.2 Å². The van der Waals surface area contributed by atoms with E-state index in [1.807, 2.05) is 13.1 Å². The van der Waals surface area contributed by atoms with E-state index in [4.69, 9.17) is 10.6 Å². The second-order valence-electron chi connectivity index (χ2n) is 19.0. The summed E-state index contributed by atoms with van der Waals surface area (Å²) in [5, 5.41) is 22.4. The van der Waals surface area contributed by atoms with Crippen LogP contribution in [0.3, 0.4) is 0 Å². The lowest BCUT2D eigenvalue weighted by Crippen LogP contribution is -2.51. The third-order valence-electron chi connectivity index (χ3n) is 12.5. The number of nitrogens with zero attached hydrogens (tertiary/aromatic N) is 2. The van der Waals surface area contributed by atoms with Gasteiger partial charge in [0, 0.05) is 84.3 Å². The van der Waals surface area contributed by atoms with Gasteiger partial charge in [-0.1, -0.05) is 90.4 Å². The van der Waals surface area contributed by atoms with Gasteiger partial charge < -0.3 is 41.8 Å². The number of unbranched alkanes of at least 4 members (excludes halogenated alkanes) is 2. The molecule has 1 heterocycles. The van der Waals surface area contributed by atoms with Crippen LogP contribution in [-0.2, 0) is 33.6 Å². The summed E-state index contributed by atoms with van der Waals surface area (Å²) in [6.45, 7) is 13.6. The number of carbonyl (C=O) groups is 8.